The smallest absolute Gasteiger partial charge is 0.305 e. The lowest BCUT2D eigenvalue weighted by Gasteiger charge is -2.20. The summed E-state index contributed by atoms with van der Waals surface area (Å²) in [5, 5.41) is 23.1. The van der Waals surface area contributed by atoms with Crippen molar-refractivity contribution in [1.82, 2.24) is 5.32 Å². The molecule has 2 atom stereocenters. The summed E-state index contributed by atoms with van der Waals surface area (Å²) >= 11 is 0. The zero-order valence-corrected chi connectivity index (χ0v) is 41.9. The first-order chi connectivity index (χ1) is 30.5. The molecule has 0 saturated heterocycles. The average molecular weight is 876 g/mol. The Balaban J connectivity index is 3.44. The van der Waals surface area contributed by atoms with Gasteiger partial charge in [0.15, 0.2) is 0 Å². The molecule has 0 radical (unpaired) electrons. The second-order valence-corrected chi connectivity index (χ2v) is 19.3. The normalized spacial score (nSPS) is 12.6. The first kappa shape index (κ1) is 60.6. The maximum absolute atomic E-state index is 12.4. The van der Waals surface area contributed by atoms with Crippen LogP contribution in [0.15, 0.2) is 12.2 Å². The zero-order valence-electron chi connectivity index (χ0n) is 41.9. The Kier molecular flexibility index (Phi) is 51.0. The molecule has 0 rings (SSSR count). The van der Waals surface area contributed by atoms with Gasteiger partial charge in [0.25, 0.3) is 0 Å². The van der Waals surface area contributed by atoms with Gasteiger partial charge in [-0.3, -0.25) is 9.59 Å². The quantitative estimate of drug-likeness (QED) is 0.0321. The number of ether oxygens (including phenoxy) is 1. The lowest BCUT2D eigenvalue weighted by Crippen LogP contribution is -2.45. The van der Waals surface area contributed by atoms with Crippen LogP contribution in [-0.2, 0) is 14.3 Å². The topological polar surface area (TPSA) is 95.9 Å². The van der Waals surface area contributed by atoms with Gasteiger partial charge in [-0.25, -0.2) is 0 Å². The minimum atomic E-state index is -0.846. The number of aliphatic hydroxyl groups excluding tert-OH is 2. The van der Waals surface area contributed by atoms with E-state index in [0.717, 1.165) is 38.5 Å². The van der Waals surface area contributed by atoms with Crippen LogP contribution in [0.5, 0.6) is 0 Å². The molecular formula is C56H109NO5. The molecule has 0 aliphatic rings. The highest BCUT2D eigenvalue weighted by Crippen LogP contribution is 2.17. The Labute approximate surface area is 387 Å². The highest BCUT2D eigenvalue weighted by Gasteiger charge is 2.18. The van der Waals surface area contributed by atoms with Crippen molar-refractivity contribution in [3.63, 3.8) is 0 Å². The Hall–Kier alpha value is -1.40. The summed E-state index contributed by atoms with van der Waals surface area (Å²) in [6.07, 6.45) is 60.8. The molecule has 0 aromatic carbocycles. The fourth-order valence-electron chi connectivity index (χ4n) is 8.75. The molecule has 2 unspecified atom stereocenters. The van der Waals surface area contributed by atoms with Crippen molar-refractivity contribution in [2.45, 2.75) is 321 Å². The summed E-state index contributed by atoms with van der Waals surface area (Å²) in [4.78, 5) is 24.4. The van der Waals surface area contributed by atoms with Crippen molar-refractivity contribution in [1.29, 1.82) is 0 Å². The summed E-state index contributed by atoms with van der Waals surface area (Å²) < 4.78 is 5.46. The van der Waals surface area contributed by atoms with Crippen molar-refractivity contribution in [3.8, 4) is 0 Å². The first-order valence-corrected chi connectivity index (χ1v) is 28.0. The first-order valence-electron chi connectivity index (χ1n) is 28.0. The molecule has 6 heteroatoms. The highest BCUT2D eigenvalue weighted by atomic mass is 16.5. The van der Waals surface area contributed by atoms with E-state index in [1.54, 1.807) is 6.08 Å². The molecule has 0 aliphatic heterocycles. The third kappa shape index (κ3) is 48.1. The predicted octanol–water partition coefficient (Wildman–Crippen LogP) is 16.9. The van der Waals surface area contributed by atoms with Gasteiger partial charge in [0.1, 0.15) is 0 Å². The number of carbonyl (C=O) groups excluding carboxylic acids is 2. The Morgan fingerprint density at radius 3 is 1.10 bits per heavy atom. The van der Waals surface area contributed by atoms with Crippen molar-refractivity contribution in [2.24, 2.45) is 0 Å². The van der Waals surface area contributed by atoms with Crippen molar-refractivity contribution in [2.75, 3.05) is 13.2 Å². The van der Waals surface area contributed by atoms with Gasteiger partial charge < -0.3 is 20.3 Å². The van der Waals surface area contributed by atoms with E-state index >= 15 is 0 Å². The van der Waals surface area contributed by atoms with Crippen LogP contribution in [0.3, 0.4) is 0 Å². The number of unbranched alkanes of at least 4 members (excludes halogenated alkanes) is 41. The number of rotatable bonds is 52. The predicted molar refractivity (Wildman–Crippen MR) is 269 cm³/mol. The van der Waals surface area contributed by atoms with E-state index in [-0.39, 0.29) is 18.5 Å². The molecule has 0 aromatic heterocycles. The molecule has 0 spiro atoms. The van der Waals surface area contributed by atoms with Gasteiger partial charge in [-0.1, -0.05) is 276 Å². The number of hydrogen-bond acceptors (Lipinski definition) is 5. The molecule has 0 aliphatic carbocycles. The summed E-state index contributed by atoms with van der Waals surface area (Å²) in [7, 11) is 0. The van der Waals surface area contributed by atoms with Crippen LogP contribution in [0.25, 0.3) is 0 Å². The van der Waals surface area contributed by atoms with Gasteiger partial charge in [0.2, 0.25) is 5.91 Å². The third-order valence-corrected chi connectivity index (χ3v) is 13.1. The number of allylic oxidation sites excluding steroid dienone is 1. The van der Waals surface area contributed by atoms with Crippen molar-refractivity contribution in [3.05, 3.63) is 12.2 Å². The fraction of sp³-hybridized carbons (Fsp3) is 0.929. The third-order valence-electron chi connectivity index (χ3n) is 13.1. The van der Waals surface area contributed by atoms with Crippen LogP contribution in [0, 0.1) is 0 Å². The van der Waals surface area contributed by atoms with Gasteiger partial charge >= 0.3 is 5.97 Å². The molecule has 6 nitrogen and oxygen atoms in total. The summed E-state index contributed by atoms with van der Waals surface area (Å²) in [6.45, 7) is 4.91. The van der Waals surface area contributed by atoms with Crippen LogP contribution >= 0.6 is 0 Å². The van der Waals surface area contributed by atoms with E-state index in [0.29, 0.717) is 19.4 Å². The van der Waals surface area contributed by atoms with E-state index in [2.05, 4.69) is 19.2 Å². The Bertz CT molecular complexity index is 924. The highest BCUT2D eigenvalue weighted by molar-refractivity contribution is 5.76. The maximum Gasteiger partial charge on any atom is 0.305 e. The maximum atomic E-state index is 12.4. The number of esters is 1. The van der Waals surface area contributed by atoms with E-state index in [1.807, 2.05) is 6.08 Å². The van der Waals surface area contributed by atoms with E-state index in [4.69, 9.17) is 4.74 Å². The molecule has 3 N–H and O–H groups in total. The number of aliphatic hydroxyl groups is 2. The molecule has 62 heavy (non-hydrogen) atoms. The molecule has 0 aromatic rings. The lowest BCUT2D eigenvalue weighted by atomic mass is 10.0. The van der Waals surface area contributed by atoms with Gasteiger partial charge in [0, 0.05) is 12.8 Å². The average Bonchev–Trinajstić information content (AvgIpc) is 3.27. The van der Waals surface area contributed by atoms with Crippen LogP contribution in [0.2, 0.25) is 0 Å². The Morgan fingerprint density at radius 1 is 0.435 bits per heavy atom. The van der Waals surface area contributed by atoms with E-state index < -0.39 is 12.1 Å². The fourth-order valence-corrected chi connectivity index (χ4v) is 8.75. The van der Waals surface area contributed by atoms with Crippen LogP contribution in [0.1, 0.15) is 309 Å². The number of amides is 1. The number of carbonyl (C=O) groups is 2. The monoisotopic (exact) mass is 876 g/mol. The van der Waals surface area contributed by atoms with Gasteiger partial charge in [0.05, 0.1) is 25.4 Å². The standard InChI is InChI=1S/C56H109NO5/c1-3-5-7-9-11-13-15-16-17-22-25-29-32-36-40-44-48-54(59)53(52-58)57-55(60)49-45-41-37-33-30-26-23-20-18-19-21-24-27-31-35-39-43-47-51-62-56(61)50-46-42-38-34-28-14-12-10-8-6-4-2/h44,48,53-54,58-59H,3-43,45-47,49-52H2,1-2H3,(H,57,60)/b48-44+. The van der Waals surface area contributed by atoms with Crippen LogP contribution in [-0.4, -0.2) is 47.4 Å². The lowest BCUT2D eigenvalue weighted by molar-refractivity contribution is -0.143. The minimum Gasteiger partial charge on any atom is -0.466 e. The van der Waals surface area contributed by atoms with Crippen LogP contribution in [0.4, 0.5) is 0 Å². The number of nitrogens with one attached hydrogen (secondary N) is 1. The number of hydrogen-bond donors (Lipinski definition) is 3. The van der Waals surface area contributed by atoms with E-state index in [9.17, 15) is 19.8 Å². The van der Waals surface area contributed by atoms with Gasteiger partial charge in [-0.15, -0.1) is 0 Å². The molecule has 0 heterocycles. The minimum absolute atomic E-state index is 0.00650. The van der Waals surface area contributed by atoms with E-state index in [1.165, 1.54) is 244 Å². The molecule has 0 fully saturated rings. The van der Waals surface area contributed by atoms with Gasteiger partial charge in [-0.2, -0.15) is 0 Å². The van der Waals surface area contributed by atoms with Crippen LogP contribution < -0.4 is 5.32 Å². The second-order valence-electron chi connectivity index (χ2n) is 19.3. The SMILES string of the molecule is CCCCCCCCCCCCCCCC/C=C/C(O)C(CO)NC(=O)CCCCCCCCCCCCCCCCCCCCOC(=O)CCCCCCCCCCCCC. The molecule has 1 amide bonds. The largest absolute Gasteiger partial charge is 0.466 e. The molecule has 0 bridgehead atoms. The van der Waals surface area contributed by atoms with Gasteiger partial charge in [-0.05, 0) is 32.1 Å². The molecule has 368 valence electrons. The van der Waals surface area contributed by atoms with Crippen molar-refractivity contribution >= 4 is 11.9 Å². The summed E-state index contributed by atoms with van der Waals surface area (Å²) in [5.74, 6) is -0.0635. The Morgan fingerprint density at radius 2 is 0.742 bits per heavy atom. The molecule has 0 saturated carbocycles. The molecular weight excluding hydrogens is 767 g/mol. The van der Waals surface area contributed by atoms with Crippen molar-refractivity contribution < 1.29 is 24.5 Å². The summed E-state index contributed by atoms with van der Waals surface area (Å²) in [5.41, 5.74) is 0. The zero-order chi connectivity index (χ0) is 45.1. The second kappa shape index (κ2) is 52.2. The summed E-state index contributed by atoms with van der Waals surface area (Å²) in [6, 6.07) is -0.629.